The largest absolute Gasteiger partial charge is 0.481 e. The van der Waals surface area contributed by atoms with E-state index in [1.54, 1.807) is 3.93 Å². The van der Waals surface area contributed by atoms with Crippen molar-refractivity contribution in [2.75, 3.05) is 13.1 Å². The number of carboxylic acids is 1. The molecule has 158 valence electrons. The van der Waals surface area contributed by atoms with E-state index in [1.807, 2.05) is 49.4 Å². The van der Waals surface area contributed by atoms with Crippen LogP contribution in [0.5, 0.6) is 0 Å². The van der Waals surface area contributed by atoms with Crippen molar-refractivity contribution in [2.45, 2.75) is 50.5 Å². The minimum Gasteiger partial charge on any atom is -0.481 e. The molecular formula is C24H27BrN2O3. The second kappa shape index (κ2) is 8.52. The Balaban J connectivity index is 1.71. The SMILES string of the molecule is Cc1ccccc1CN(Br)C(=O)c1cccc2c1C1(CCNCC1)CC2CC(=O)O. The quantitative estimate of drug-likeness (QED) is 0.629. The van der Waals surface area contributed by atoms with Crippen molar-refractivity contribution >= 4 is 28.0 Å². The lowest BCUT2D eigenvalue weighted by Crippen LogP contribution is -2.39. The van der Waals surface area contributed by atoms with Crippen molar-refractivity contribution < 1.29 is 14.7 Å². The van der Waals surface area contributed by atoms with Crippen LogP contribution >= 0.6 is 16.1 Å². The van der Waals surface area contributed by atoms with Crippen LogP contribution in [0.1, 0.15) is 64.2 Å². The number of amides is 1. The molecule has 30 heavy (non-hydrogen) atoms. The Kier molecular flexibility index (Phi) is 5.98. The topological polar surface area (TPSA) is 69.6 Å². The Labute approximate surface area is 185 Å². The van der Waals surface area contributed by atoms with Gasteiger partial charge in [-0.05, 0) is 78.9 Å². The van der Waals surface area contributed by atoms with E-state index < -0.39 is 5.97 Å². The molecule has 1 unspecified atom stereocenters. The smallest absolute Gasteiger partial charge is 0.303 e. The van der Waals surface area contributed by atoms with Gasteiger partial charge in [0.1, 0.15) is 0 Å². The molecule has 2 N–H and O–H groups in total. The fourth-order valence-corrected chi connectivity index (χ4v) is 5.72. The minimum atomic E-state index is -0.782. The number of piperidine rings is 1. The van der Waals surface area contributed by atoms with E-state index in [1.165, 1.54) is 0 Å². The molecule has 1 saturated heterocycles. The molecule has 1 amide bonds. The molecule has 0 bridgehead atoms. The third kappa shape index (κ3) is 3.91. The molecule has 0 saturated carbocycles. The maximum absolute atomic E-state index is 13.5. The van der Waals surface area contributed by atoms with E-state index in [9.17, 15) is 14.7 Å². The Morgan fingerprint density at radius 2 is 1.90 bits per heavy atom. The van der Waals surface area contributed by atoms with Crippen molar-refractivity contribution in [3.05, 3.63) is 70.3 Å². The van der Waals surface area contributed by atoms with Gasteiger partial charge in [0.15, 0.2) is 0 Å². The van der Waals surface area contributed by atoms with Gasteiger partial charge in [0.25, 0.3) is 5.91 Å². The van der Waals surface area contributed by atoms with Gasteiger partial charge in [-0.1, -0.05) is 36.4 Å². The van der Waals surface area contributed by atoms with Crippen LogP contribution in [0.4, 0.5) is 0 Å². The average molecular weight is 471 g/mol. The number of hydrogen-bond acceptors (Lipinski definition) is 3. The first-order valence-electron chi connectivity index (χ1n) is 10.5. The van der Waals surface area contributed by atoms with E-state index in [0.29, 0.717) is 12.1 Å². The number of rotatable bonds is 5. The van der Waals surface area contributed by atoms with E-state index in [0.717, 1.165) is 54.6 Å². The van der Waals surface area contributed by atoms with Crippen LogP contribution in [0.15, 0.2) is 42.5 Å². The summed E-state index contributed by atoms with van der Waals surface area (Å²) in [4.78, 5) is 25.0. The van der Waals surface area contributed by atoms with Crippen LogP contribution in [0.25, 0.3) is 0 Å². The summed E-state index contributed by atoms with van der Waals surface area (Å²) in [6.45, 7) is 4.30. The predicted molar refractivity (Wildman–Crippen MR) is 120 cm³/mol. The van der Waals surface area contributed by atoms with Gasteiger partial charge in [0, 0.05) is 5.56 Å². The highest BCUT2D eigenvalue weighted by Crippen LogP contribution is 2.53. The molecule has 1 atom stereocenters. The number of carboxylic acid groups (broad SMARTS) is 1. The number of benzene rings is 2. The summed E-state index contributed by atoms with van der Waals surface area (Å²) >= 11 is 3.50. The minimum absolute atomic E-state index is 0.0384. The van der Waals surface area contributed by atoms with Crippen LogP contribution in [0.3, 0.4) is 0 Å². The van der Waals surface area contributed by atoms with Crippen molar-refractivity contribution in [1.29, 1.82) is 0 Å². The zero-order valence-corrected chi connectivity index (χ0v) is 18.7. The number of carbonyl (C=O) groups is 2. The molecule has 0 aromatic heterocycles. The van der Waals surface area contributed by atoms with E-state index >= 15 is 0 Å². The molecule has 4 rings (SSSR count). The first kappa shape index (κ1) is 21.1. The molecule has 2 aliphatic rings. The number of carbonyl (C=O) groups excluding carboxylic acids is 1. The second-order valence-electron chi connectivity index (χ2n) is 8.55. The van der Waals surface area contributed by atoms with Gasteiger partial charge in [0.05, 0.1) is 29.1 Å². The lowest BCUT2D eigenvalue weighted by atomic mass is 9.72. The highest BCUT2D eigenvalue weighted by atomic mass is 79.9. The molecule has 0 radical (unpaired) electrons. The molecule has 1 spiro atoms. The normalized spacial score (nSPS) is 19.5. The third-order valence-electron chi connectivity index (χ3n) is 6.71. The van der Waals surface area contributed by atoms with Gasteiger partial charge in [-0.25, -0.2) is 0 Å². The zero-order valence-electron chi connectivity index (χ0n) is 17.2. The van der Waals surface area contributed by atoms with Crippen LogP contribution in [0.2, 0.25) is 0 Å². The summed E-state index contributed by atoms with van der Waals surface area (Å²) in [6.07, 6.45) is 2.78. The average Bonchev–Trinajstić information content (AvgIpc) is 3.02. The first-order valence-corrected chi connectivity index (χ1v) is 11.2. The molecule has 2 aromatic rings. The van der Waals surface area contributed by atoms with Gasteiger partial charge in [-0.2, -0.15) is 0 Å². The van der Waals surface area contributed by atoms with E-state index in [4.69, 9.17) is 0 Å². The Morgan fingerprint density at radius 1 is 1.17 bits per heavy atom. The Morgan fingerprint density at radius 3 is 2.60 bits per heavy atom. The maximum atomic E-state index is 13.5. The molecule has 2 aromatic carbocycles. The summed E-state index contributed by atoms with van der Waals surface area (Å²) in [5.74, 6) is -0.886. The molecule has 5 nitrogen and oxygen atoms in total. The zero-order chi connectivity index (χ0) is 21.3. The van der Waals surface area contributed by atoms with Crippen molar-refractivity contribution in [2.24, 2.45) is 0 Å². The molecule has 1 aliphatic carbocycles. The third-order valence-corrected chi connectivity index (χ3v) is 7.28. The van der Waals surface area contributed by atoms with Crippen molar-refractivity contribution in [3.63, 3.8) is 0 Å². The highest BCUT2D eigenvalue weighted by molar-refractivity contribution is 9.07. The lowest BCUT2D eigenvalue weighted by molar-refractivity contribution is -0.137. The van der Waals surface area contributed by atoms with Crippen molar-refractivity contribution in [3.8, 4) is 0 Å². The molecule has 6 heteroatoms. The second-order valence-corrected chi connectivity index (χ2v) is 9.41. The van der Waals surface area contributed by atoms with E-state index in [-0.39, 0.29) is 23.7 Å². The van der Waals surface area contributed by atoms with E-state index in [2.05, 4.69) is 21.5 Å². The maximum Gasteiger partial charge on any atom is 0.303 e. The lowest BCUT2D eigenvalue weighted by Gasteiger charge is -2.36. The summed E-state index contributed by atoms with van der Waals surface area (Å²) in [6, 6.07) is 13.9. The summed E-state index contributed by atoms with van der Waals surface area (Å²) in [7, 11) is 0. The van der Waals surface area contributed by atoms with Crippen molar-refractivity contribution in [1.82, 2.24) is 9.24 Å². The van der Waals surface area contributed by atoms with Gasteiger partial charge in [-0.3, -0.25) is 13.5 Å². The van der Waals surface area contributed by atoms with Crippen LogP contribution in [-0.4, -0.2) is 34.0 Å². The van der Waals surface area contributed by atoms with Gasteiger partial charge >= 0.3 is 5.97 Å². The monoisotopic (exact) mass is 470 g/mol. The predicted octanol–water partition coefficient (Wildman–Crippen LogP) is 4.53. The number of halogens is 1. The number of hydrogen-bond donors (Lipinski definition) is 2. The Hall–Kier alpha value is -2.18. The molecule has 1 heterocycles. The van der Waals surface area contributed by atoms with Crippen LogP contribution in [0, 0.1) is 6.92 Å². The molecule has 1 aliphatic heterocycles. The highest BCUT2D eigenvalue weighted by Gasteiger charge is 2.47. The standard InChI is InChI=1S/C24H27BrN2O3/c1-16-5-2-3-6-17(16)15-27(25)23(30)20-8-4-7-19-18(13-21(28)29)14-24(22(19)20)9-11-26-12-10-24/h2-8,18,26H,9-15H2,1H3,(H,28,29). The summed E-state index contributed by atoms with van der Waals surface area (Å²) < 4.78 is 1.60. The fraction of sp³-hybridized carbons (Fsp3) is 0.417. The number of aryl methyl sites for hydroxylation is 1. The van der Waals surface area contributed by atoms with Gasteiger partial charge in [-0.15, -0.1) is 0 Å². The summed E-state index contributed by atoms with van der Waals surface area (Å²) in [5, 5.41) is 12.9. The number of nitrogens with zero attached hydrogens (tertiary/aromatic N) is 1. The fourth-order valence-electron chi connectivity index (χ4n) is 5.26. The molecular weight excluding hydrogens is 444 g/mol. The first-order chi connectivity index (χ1) is 14.4. The number of aliphatic carboxylic acids is 1. The Bertz CT molecular complexity index is 969. The summed E-state index contributed by atoms with van der Waals surface area (Å²) in [5.41, 5.74) is 4.94. The van der Waals surface area contributed by atoms with Gasteiger partial charge in [0.2, 0.25) is 0 Å². The van der Waals surface area contributed by atoms with Crippen LogP contribution < -0.4 is 5.32 Å². The molecule has 1 fully saturated rings. The number of nitrogens with one attached hydrogen (secondary N) is 1. The van der Waals surface area contributed by atoms with Gasteiger partial charge < -0.3 is 10.4 Å². The van der Waals surface area contributed by atoms with Crippen LogP contribution in [-0.2, 0) is 16.8 Å². The number of fused-ring (bicyclic) bond motifs is 2.